The van der Waals surface area contributed by atoms with Crippen LogP contribution in [0.25, 0.3) is 0 Å². The van der Waals surface area contributed by atoms with Gasteiger partial charge in [-0.15, -0.1) is 0 Å². The Balaban J connectivity index is 2.39. The lowest BCUT2D eigenvalue weighted by Gasteiger charge is -2.28. The number of rotatable bonds is 7. The van der Waals surface area contributed by atoms with Gasteiger partial charge >= 0.3 is 12.0 Å². The van der Waals surface area contributed by atoms with Crippen LogP contribution in [0.5, 0.6) is 0 Å². The third-order valence-corrected chi connectivity index (χ3v) is 3.54. The first kappa shape index (κ1) is 16.8. The first-order chi connectivity index (χ1) is 9.54. The van der Waals surface area contributed by atoms with Crippen LogP contribution >= 0.6 is 0 Å². The van der Waals surface area contributed by atoms with Crippen LogP contribution in [0, 0.1) is 0 Å². The standard InChI is InChI=1S/C14H26N2O4/c1-3-4-8-12(13(17)18)15-14(19)16(2)10-11-7-5-6-9-20-11/h11-12H,3-10H2,1-2H3,(H,15,19)(H,17,18)/t11?,12-/m0/s1. The van der Waals surface area contributed by atoms with E-state index in [0.29, 0.717) is 13.0 Å². The normalized spacial score (nSPS) is 20.2. The Bertz CT molecular complexity index is 316. The van der Waals surface area contributed by atoms with E-state index in [2.05, 4.69) is 5.32 Å². The topological polar surface area (TPSA) is 78.9 Å². The van der Waals surface area contributed by atoms with Gasteiger partial charge in [-0.3, -0.25) is 0 Å². The second kappa shape index (κ2) is 8.79. The lowest BCUT2D eigenvalue weighted by Crippen LogP contribution is -2.48. The molecule has 20 heavy (non-hydrogen) atoms. The summed E-state index contributed by atoms with van der Waals surface area (Å²) in [5.41, 5.74) is 0. The molecule has 6 nitrogen and oxygen atoms in total. The van der Waals surface area contributed by atoms with Gasteiger partial charge in [-0.2, -0.15) is 0 Å². The number of urea groups is 1. The van der Waals surface area contributed by atoms with Gasteiger partial charge in [0.1, 0.15) is 6.04 Å². The molecule has 0 aliphatic carbocycles. The Morgan fingerprint density at radius 2 is 2.20 bits per heavy atom. The van der Waals surface area contributed by atoms with Crippen LogP contribution in [0.3, 0.4) is 0 Å². The highest BCUT2D eigenvalue weighted by molar-refractivity contribution is 5.82. The Morgan fingerprint density at radius 1 is 1.45 bits per heavy atom. The second-order valence-electron chi connectivity index (χ2n) is 5.35. The number of carboxylic acids is 1. The molecule has 0 spiro atoms. The van der Waals surface area contributed by atoms with Crippen molar-refractivity contribution in [2.45, 2.75) is 57.6 Å². The van der Waals surface area contributed by atoms with Crippen LogP contribution in [0.15, 0.2) is 0 Å². The van der Waals surface area contributed by atoms with E-state index in [1.54, 1.807) is 7.05 Å². The summed E-state index contributed by atoms with van der Waals surface area (Å²) in [5, 5.41) is 11.7. The predicted molar refractivity (Wildman–Crippen MR) is 75.7 cm³/mol. The van der Waals surface area contributed by atoms with Crippen LogP contribution in [-0.2, 0) is 9.53 Å². The van der Waals surface area contributed by atoms with Gasteiger partial charge in [0.2, 0.25) is 0 Å². The van der Waals surface area contributed by atoms with E-state index in [1.165, 1.54) is 4.90 Å². The number of hydrogen-bond acceptors (Lipinski definition) is 3. The SMILES string of the molecule is CCCC[C@H](NC(=O)N(C)CC1CCCCO1)C(=O)O. The maximum absolute atomic E-state index is 12.0. The van der Waals surface area contributed by atoms with Gasteiger partial charge in [-0.25, -0.2) is 9.59 Å². The summed E-state index contributed by atoms with van der Waals surface area (Å²) in [4.78, 5) is 24.6. The summed E-state index contributed by atoms with van der Waals surface area (Å²) in [6.45, 7) is 3.24. The number of ether oxygens (including phenoxy) is 1. The largest absolute Gasteiger partial charge is 0.480 e. The molecule has 0 aromatic heterocycles. The van der Waals surface area contributed by atoms with Crippen LogP contribution in [0.1, 0.15) is 45.4 Å². The molecule has 0 aromatic carbocycles. The fraction of sp³-hybridized carbons (Fsp3) is 0.857. The lowest BCUT2D eigenvalue weighted by atomic mass is 10.1. The fourth-order valence-electron chi connectivity index (χ4n) is 2.26. The van der Waals surface area contributed by atoms with E-state index < -0.39 is 12.0 Å². The quantitative estimate of drug-likeness (QED) is 0.748. The number of nitrogens with zero attached hydrogens (tertiary/aromatic N) is 1. The van der Waals surface area contributed by atoms with Crippen LogP contribution < -0.4 is 5.32 Å². The maximum Gasteiger partial charge on any atom is 0.326 e. The minimum Gasteiger partial charge on any atom is -0.480 e. The molecule has 6 heteroatoms. The summed E-state index contributed by atoms with van der Waals surface area (Å²) in [5.74, 6) is -0.978. The van der Waals surface area contributed by atoms with Crippen molar-refractivity contribution in [3.63, 3.8) is 0 Å². The first-order valence-corrected chi connectivity index (χ1v) is 7.40. The number of carboxylic acid groups (broad SMARTS) is 1. The number of nitrogens with one attached hydrogen (secondary N) is 1. The zero-order chi connectivity index (χ0) is 15.0. The molecule has 2 N–H and O–H groups in total. The Morgan fingerprint density at radius 3 is 2.75 bits per heavy atom. The molecule has 1 saturated heterocycles. The maximum atomic E-state index is 12.0. The van der Waals surface area contributed by atoms with E-state index >= 15 is 0 Å². The third kappa shape index (κ3) is 5.77. The van der Waals surface area contributed by atoms with Crippen molar-refractivity contribution in [1.82, 2.24) is 10.2 Å². The number of unbranched alkanes of at least 4 members (excludes halogenated alkanes) is 1. The molecule has 1 fully saturated rings. The van der Waals surface area contributed by atoms with Gasteiger partial charge in [-0.05, 0) is 25.7 Å². The van der Waals surface area contributed by atoms with Gasteiger partial charge in [0.25, 0.3) is 0 Å². The molecule has 0 radical (unpaired) electrons. The smallest absolute Gasteiger partial charge is 0.326 e. The van der Waals surface area contributed by atoms with Gasteiger partial charge in [-0.1, -0.05) is 19.8 Å². The number of hydrogen-bond donors (Lipinski definition) is 2. The summed E-state index contributed by atoms with van der Waals surface area (Å²) >= 11 is 0. The molecule has 0 bridgehead atoms. The number of carbonyl (C=O) groups is 2. The molecule has 2 amide bonds. The van der Waals surface area contributed by atoms with Crippen LogP contribution in [0.2, 0.25) is 0 Å². The van der Waals surface area contributed by atoms with Crippen LogP contribution in [-0.4, -0.2) is 54.4 Å². The van der Waals surface area contributed by atoms with Crippen LogP contribution in [0.4, 0.5) is 4.79 Å². The molecular formula is C14H26N2O4. The van der Waals surface area contributed by atoms with E-state index in [0.717, 1.165) is 38.7 Å². The molecular weight excluding hydrogens is 260 g/mol. The number of carbonyl (C=O) groups excluding carboxylic acids is 1. The molecule has 2 atom stereocenters. The molecule has 1 heterocycles. The molecule has 1 aliphatic heterocycles. The number of amides is 2. The molecule has 1 aliphatic rings. The minimum absolute atomic E-state index is 0.0680. The Labute approximate surface area is 120 Å². The zero-order valence-corrected chi connectivity index (χ0v) is 12.4. The van der Waals surface area contributed by atoms with Gasteiger partial charge in [0.15, 0.2) is 0 Å². The summed E-state index contributed by atoms with van der Waals surface area (Å²) in [6, 6.07) is -1.15. The van der Waals surface area contributed by atoms with E-state index in [4.69, 9.17) is 9.84 Å². The molecule has 116 valence electrons. The summed E-state index contributed by atoms with van der Waals surface area (Å²) in [6.07, 6.45) is 5.37. The lowest BCUT2D eigenvalue weighted by molar-refractivity contribution is -0.139. The predicted octanol–water partition coefficient (Wildman–Crippen LogP) is 1.84. The minimum atomic E-state index is -0.978. The van der Waals surface area contributed by atoms with Crippen molar-refractivity contribution in [3.05, 3.63) is 0 Å². The van der Waals surface area contributed by atoms with Crippen molar-refractivity contribution in [1.29, 1.82) is 0 Å². The molecule has 0 aromatic rings. The van der Waals surface area contributed by atoms with Gasteiger partial charge in [0, 0.05) is 20.2 Å². The van der Waals surface area contributed by atoms with Gasteiger partial charge in [0.05, 0.1) is 6.10 Å². The average molecular weight is 286 g/mol. The third-order valence-electron chi connectivity index (χ3n) is 3.54. The Kier molecular flexibility index (Phi) is 7.36. The highest BCUT2D eigenvalue weighted by atomic mass is 16.5. The number of aliphatic carboxylic acids is 1. The van der Waals surface area contributed by atoms with Crippen molar-refractivity contribution in [2.24, 2.45) is 0 Å². The molecule has 0 saturated carbocycles. The van der Waals surface area contributed by atoms with Gasteiger partial charge < -0.3 is 20.1 Å². The molecule has 1 rings (SSSR count). The van der Waals surface area contributed by atoms with Crippen molar-refractivity contribution in [3.8, 4) is 0 Å². The summed E-state index contributed by atoms with van der Waals surface area (Å²) in [7, 11) is 1.67. The fourth-order valence-corrected chi connectivity index (χ4v) is 2.26. The van der Waals surface area contributed by atoms with Crippen molar-refractivity contribution in [2.75, 3.05) is 20.2 Å². The highest BCUT2D eigenvalue weighted by Gasteiger charge is 2.23. The van der Waals surface area contributed by atoms with E-state index in [9.17, 15) is 9.59 Å². The Hall–Kier alpha value is -1.30. The zero-order valence-electron chi connectivity index (χ0n) is 12.4. The monoisotopic (exact) mass is 286 g/mol. The van der Waals surface area contributed by atoms with Crippen molar-refractivity contribution >= 4 is 12.0 Å². The van der Waals surface area contributed by atoms with E-state index in [-0.39, 0.29) is 12.1 Å². The molecule has 1 unspecified atom stereocenters. The average Bonchev–Trinajstić information content (AvgIpc) is 2.43. The van der Waals surface area contributed by atoms with Crippen molar-refractivity contribution < 1.29 is 19.4 Å². The highest BCUT2D eigenvalue weighted by Crippen LogP contribution is 2.13. The summed E-state index contributed by atoms with van der Waals surface area (Å²) < 4.78 is 5.58. The second-order valence-corrected chi connectivity index (χ2v) is 5.35. The van der Waals surface area contributed by atoms with E-state index in [1.807, 2.05) is 6.92 Å². The first-order valence-electron chi connectivity index (χ1n) is 7.40. The number of likely N-dealkylation sites (N-methyl/N-ethyl adjacent to an activating group) is 1.